The maximum absolute atomic E-state index is 9.24. The van der Waals surface area contributed by atoms with Gasteiger partial charge in [0.25, 0.3) is 0 Å². The summed E-state index contributed by atoms with van der Waals surface area (Å²) < 4.78 is 0. The Balaban J connectivity index is 2.87. The van der Waals surface area contributed by atoms with Crippen LogP contribution in [-0.4, -0.2) is 29.3 Å². The molecule has 0 atom stereocenters. The molecule has 84 valence electrons. The van der Waals surface area contributed by atoms with Gasteiger partial charge < -0.3 is 15.7 Å². The van der Waals surface area contributed by atoms with E-state index in [0.29, 0.717) is 6.54 Å². The predicted molar refractivity (Wildman–Crippen MR) is 61.7 cm³/mol. The third-order valence-electron chi connectivity index (χ3n) is 2.68. The molecule has 4 nitrogen and oxygen atoms in total. The second-order valence-corrected chi connectivity index (χ2v) is 4.26. The topological polar surface area (TPSA) is 62.4 Å². The largest absolute Gasteiger partial charge is 0.394 e. The van der Waals surface area contributed by atoms with E-state index in [1.165, 1.54) is 0 Å². The Morgan fingerprint density at radius 2 is 2.13 bits per heavy atom. The second-order valence-electron chi connectivity index (χ2n) is 4.26. The average molecular weight is 209 g/mol. The van der Waals surface area contributed by atoms with Crippen molar-refractivity contribution in [3.8, 4) is 0 Å². The van der Waals surface area contributed by atoms with Gasteiger partial charge in [0.15, 0.2) is 0 Å². The fraction of sp³-hybridized carbons (Fsp3) is 0.545. The van der Waals surface area contributed by atoms with Crippen LogP contribution in [0.15, 0.2) is 18.3 Å². The van der Waals surface area contributed by atoms with Crippen LogP contribution in [0.4, 0.5) is 5.82 Å². The van der Waals surface area contributed by atoms with Crippen LogP contribution in [0.5, 0.6) is 0 Å². The number of hydrogen-bond acceptors (Lipinski definition) is 4. The molecular weight excluding hydrogens is 190 g/mol. The first-order valence-electron chi connectivity index (χ1n) is 5.01. The van der Waals surface area contributed by atoms with Crippen molar-refractivity contribution in [2.45, 2.75) is 25.9 Å². The number of anilines is 1. The Labute approximate surface area is 90.7 Å². The van der Waals surface area contributed by atoms with Gasteiger partial charge in [0.2, 0.25) is 0 Å². The van der Waals surface area contributed by atoms with E-state index in [0.717, 1.165) is 11.4 Å². The van der Waals surface area contributed by atoms with Gasteiger partial charge in [-0.15, -0.1) is 0 Å². The zero-order valence-electron chi connectivity index (χ0n) is 9.57. The zero-order valence-corrected chi connectivity index (χ0v) is 9.57. The third kappa shape index (κ3) is 2.67. The van der Waals surface area contributed by atoms with Crippen molar-refractivity contribution in [1.29, 1.82) is 0 Å². The lowest BCUT2D eigenvalue weighted by Gasteiger charge is -2.34. The Morgan fingerprint density at radius 1 is 1.47 bits per heavy atom. The summed E-state index contributed by atoms with van der Waals surface area (Å²) in [5, 5.41) is 9.24. The van der Waals surface area contributed by atoms with E-state index < -0.39 is 0 Å². The van der Waals surface area contributed by atoms with Gasteiger partial charge in [-0.2, -0.15) is 0 Å². The molecule has 3 N–H and O–H groups in total. The summed E-state index contributed by atoms with van der Waals surface area (Å²) >= 11 is 0. The molecular formula is C11H19N3O. The number of nitrogens with two attached hydrogens (primary N) is 1. The van der Waals surface area contributed by atoms with Crippen molar-refractivity contribution in [2.24, 2.45) is 5.73 Å². The van der Waals surface area contributed by atoms with E-state index in [1.807, 2.05) is 37.9 Å². The number of likely N-dealkylation sites (N-methyl/N-ethyl adjacent to an activating group) is 1. The smallest absolute Gasteiger partial charge is 0.128 e. The fourth-order valence-corrected chi connectivity index (χ4v) is 1.15. The molecule has 0 saturated heterocycles. The van der Waals surface area contributed by atoms with E-state index in [4.69, 9.17) is 5.73 Å². The van der Waals surface area contributed by atoms with Gasteiger partial charge in [-0.05, 0) is 25.5 Å². The normalized spacial score (nSPS) is 11.5. The minimum Gasteiger partial charge on any atom is -0.394 e. The summed E-state index contributed by atoms with van der Waals surface area (Å²) in [4.78, 5) is 6.25. The lowest BCUT2D eigenvalue weighted by molar-refractivity contribution is 0.215. The van der Waals surface area contributed by atoms with E-state index in [9.17, 15) is 5.11 Å². The van der Waals surface area contributed by atoms with Crippen LogP contribution in [0.25, 0.3) is 0 Å². The molecule has 1 rings (SSSR count). The monoisotopic (exact) mass is 209 g/mol. The zero-order chi connectivity index (χ0) is 11.5. The number of aliphatic hydroxyl groups excluding tert-OH is 1. The van der Waals surface area contributed by atoms with Crippen molar-refractivity contribution in [1.82, 2.24) is 4.98 Å². The Bertz CT molecular complexity index is 308. The molecule has 0 aliphatic heterocycles. The molecule has 0 saturated carbocycles. The number of hydrogen-bond donors (Lipinski definition) is 2. The van der Waals surface area contributed by atoms with E-state index in [-0.39, 0.29) is 12.1 Å². The fourth-order valence-electron chi connectivity index (χ4n) is 1.15. The SMILES string of the molecule is CN(c1ccc(CN)cn1)C(C)(C)CO. The molecule has 0 amide bonds. The number of rotatable bonds is 4. The maximum atomic E-state index is 9.24. The molecule has 0 aromatic carbocycles. The van der Waals surface area contributed by atoms with Crippen molar-refractivity contribution in [3.05, 3.63) is 23.9 Å². The highest BCUT2D eigenvalue weighted by molar-refractivity contribution is 5.41. The van der Waals surface area contributed by atoms with Crippen molar-refractivity contribution in [2.75, 3.05) is 18.6 Å². The van der Waals surface area contributed by atoms with Crippen LogP contribution in [-0.2, 0) is 6.54 Å². The van der Waals surface area contributed by atoms with Gasteiger partial charge >= 0.3 is 0 Å². The van der Waals surface area contributed by atoms with Crippen LogP contribution in [0.2, 0.25) is 0 Å². The molecule has 0 bridgehead atoms. The van der Waals surface area contributed by atoms with Crippen LogP contribution < -0.4 is 10.6 Å². The van der Waals surface area contributed by atoms with E-state index >= 15 is 0 Å². The first-order valence-corrected chi connectivity index (χ1v) is 5.01. The summed E-state index contributed by atoms with van der Waals surface area (Å²) in [6, 6.07) is 3.87. The van der Waals surface area contributed by atoms with Gasteiger partial charge in [0, 0.05) is 19.8 Å². The molecule has 0 fully saturated rings. The minimum absolute atomic E-state index is 0.0871. The molecule has 0 unspecified atom stereocenters. The van der Waals surface area contributed by atoms with Gasteiger partial charge in [-0.1, -0.05) is 6.07 Å². The van der Waals surface area contributed by atoms with Crippen LogP contribution in [0.3, 0.4) is 0 Å². The summed E-state index contributed by atoms with van der Waals surface area (Å²) in [6.07, 6.45) is 1.76. The van der Waals surface area contributed by atoms with Crippen molar-refractivity contribution in [3.63, 3.8) is 0 Å². The first kappa shape index (κ1) is 11.9. The van der Waals surface area contributed by atoms with E-state index in [1.54, 1.807) is 6.20 Å². The lowest BCUT2D eigenvalue weighted by atomic mass is 10.1. The molecule has 1 aromatic heterocycles. The van der Waals surface area contributed by atoms with Crippen LogP contribution >= 0.6 is 0 Å². The molecule has 1 aromatic rings. The number of aromatic nitrogens is 1. The Morgan fingerprint density at radius 3 is 2.53 bits per heavy atom. The average Bonchev–Trinajstić information content (AvgIpc) is 2.28. The van der Waals surface area contributed by atoms with Gasteiger partial charge in [0.05, 0.1) is 12.1 Å². The number of nitrogens with zero attached hydrogens (tertiary/aromatic N) is 2. The Hall–Kier alpha value is -1.13. The summed E-state index contributed by atoms with van der Waals surface area (Å²) in [6.45, 7) is 4.52. The van der Waals surface area contributed by atoms with Gasteiger partial charge in [-0.3, -0.25) is 0 Å². The molecule has 15 heavy (non-hydrogen) atoms. The van der Waals surface area contributed by atoms with Crippen LogP contribution in [0.1, 0.15) is 19.4 Å². The molecule has 0 spiro atoms. The molecule has 1 heterocycles. The van der Waals surface area contributed by atoms with Crippen LogP contribution in [0, 0.1) is 0 Å². The number of aliphatic hydroxyl groups is 1. The lowest BCUT2D eigenvalue weighted by Crippen LogP contribution is -2.44. The highest BCUT2D eigenvalue weighted by atomic mass is 16.3. The van der Waals surface area contributed by atoms with Crippen molar-refractivity contribution < 1.29 is 5.11 Å². The second kappa shape index (κ2) is 4.59. The molecule has 0 aliphatic carbocycles. The highest BCUT2D eigenvalue weighted by Crippen LogP contribution is 2.19. The molecule has 0 aliphatic rings. The predicted octanol–water partition coefficient (Wildman–Crippen LogP) is 0.747. The number of pyridine rings is 1. The Kier molecular flexibility index (Phi) is 3.66. The highest BCUT2D eigenvalue weighted by Gasteiger charge is 2.23. The standard InChI is InChI=1S/C11H19N3O/c1-11(2,8-15)14(3)10-5-4-9(6-12)7-13-10/h4-5,7,15H,6,8,12H2,1-3H3. The van der Waals surface area contributed by atoms with E-state index in [2.05, 4.69) is 4.98 Å². The van der Waals surface area contributed by atoms with Gasteiger partial charge in [-0.25, -0.2) is 4.98 Å². The minimum atomic E-state index is -0.308. The summed E-state index contributed by atoms with van der Waals surface area (Å²) in [5.74, 6) is 0.839. The van der Waals surface area contributed by atoms with Crippen molar-refractivity contribution >= 4 is 5.82 Å². The summed E-state index contributed by atoms with van der Waals surface area (Å²) in [5.41, 5.74) is 6.19. The summed E-state index contributed by atoms with van der Waals surface area (Å²) in [7, 11) is 1.92. The first-order chi connectivity index (χ1) is 7.01. The van der Waals surface area contributed by atoms with Gasteiger partial charge in [0.1, 0.15) is 5.82 Å². The quantitative estimate of drug-likeness (QED) is 0.768. The molecule has 0 radical (unpaired) electrons. The maximum Gasteiger partial charge on any atom is 0.128 e. The third-order valence-corrected chi connectivity index (χ3v) is 2.68. The molecule has 4 heteroatoms.